The number of fused-ring (bicyclic) bond motifs is 2. The van der Waals surface area contributed by atoms with Crippen molar-refractivity contribution in [2.75, 3.05) is 0 Å². The van der Waals surface area contributed by atoms with Crippen LogP contribution in [-0.2, 0) is 0 Å². The molecule has 4 aromatic rings. The molecule has 0 aliphatic heterocycles. The lowest BCUT2D eigenvalue weighted by molar-refractivity contribution is 0.824. The maximum Gasteiger partial charge on any atom is 0.248 e. The van der Waals surface area contributed by atoms with Crippen LogP contribution >= 0.6 is 0 Å². The summed E-state index contributed by atoms with van der Waals surface area (Å²) in [5.41, 5.74) is 1.67. The van der Waals surface area contributed by atoms with E-state index in [4.69, 9.17) is 0 Å². The van der Waals surface area contributed by atoms with Gasteiger partial charge in [-0.05, 0) is 35.0 Å². The molecule has 2 aromatic carbocycles. The fourth-order valence-electron chi connectivity index (χ4n) is 2.19. The molecule has 0 aliphatic rings. The van der Waals surface area contributed by atoms with Gasteiger partial charge in [0.2, 0.25) is 11.1 Å². The Hall–Kier alpha value is -3.18. The molecule has 0 atom stereocenters. The Morgan fingerprint density at radius 2 is 0.913 bits per heavy atom. The third-order valence-electron chi connectivity index (χ3n) is 3.27. The number of pyridine rings is 2. The lowest BCUT2D eigenvalue weighted by atomic mass is 10.2. The van der Waals surface area contributed by atoms with Crippen LogP contribution in [0.25, 0.3) is 21.8 Å². The Balaban J connectivity index is 0.000000160. The van der Waals surface area contributed by atoms with Crippen LogP contribution in [0.15, 0.2) is 82.4 Å². The van der Waals surface area contributed by atoms with Crippen molar-refractivity contribution in [3.05, 3.63) is 93.5 Å². The molecule has 4 rings (SSSR count). The lowest BCUT2D eigenvalue weighted by Gasteiger charge is -1.93. The quantitative estimate of drug-likeness (QED) is 0.521. The molecule has 2 aromatic heterocycles. The summed E-state index contributed by atoms with van der Waals surface area (Å²) in [4.78, 5) is 27.1. The summed E-state index contributed by atoms with van der Waals surface area (Å²) in [7, 11) is 0. The average molecular weight is 308 g/mol. The number of benzene rings is 2. The van der Waals surface area contributed by atoms with Crippen molar-refractivity contribution in [3.8, 4) is 0 Å². The number of rotatable bonds is 0. The van der Waals surface area contributed by atoms with Gasteiger partial charge in [-0.15, -0.1) is 0 Å². The second kappa shape index (κ2) is 7.20. The van der Waals surface area contributed by atoms with E-state index in [1.807, 2.05) is 60.7 Å². The minimum atomic E-state index is -0.0521. The molecule has 0 radical (unpaired) electrons. The summed E-state index contributed by atoms with van der Waals surface area (Å²) in [5.74, 6) is 0. The second-order valence-corrected chi connectivity index (χ2v) is 4.82. The minimum absolute atomic E-state index is 0. The Bertz CT molecular complexity index is 949. The first-order chi connectivity index (χ1) is 10.7. The van der Waals surface area contributed by atoms with Crippen LogP contribution in [-0.4, -0.2) is 15.4 Å². The fraction of sp³-hybridized carbons (Fsp3) is 0. The first-order valence-electron chi connectivity index (χ1n) is 6.88. The smallest absolute Gasteiger partial charge is 0.248 e. The van der Waals surface area contributed by atoms with Crippen LogP contribution in [0.1, 0.15) is 0 Å². The van der Waals surface area contributed by atoms with Crippen molar-refractivity contribution in [1.29, 1.82) is 0 Å². The molecule has 0 unspecified atom stereocenters. The zero-order valence-electron chi connectivity index (χ0n) is 12.2. The number of aromatic nitrogens is 2. The maximum atomic E-state index is 10.8. The first kappa shape index (κ1) is 16.2. The van der Waals surface area contributed by atoms with Crippen molar-refractivity contribution in [1.82, 2.24) is 9.97 Å². The zero-order chi connectivity index (χ0) is 15.4. The number of hydrogen-bond acceptors (Lipinski definition) is 2. The zero-order valence-corrected chi connectivity index (χ0v) is 12.2. The predicted molar refractivity (Wildman–Crippen MR) is 92.8 cm³/mol. The predicted octanol–water partition coefficient (Wildman–Crippen LogP) is 2.23. The average Bonchev–Trinajstić information content (AvgIpc) is 2.55. The number of nitrogens with one attached hydrogen (secondary N) is 2. The van der Waals surface area contributed by atoms with Crippen LogP contribution in [0.4, 0.5) is 0 Å². The monoisotopic (exact) mass is 308 g/mol. The Labute approximate surface area is 131 Å². The van der Waals surface area contributed by atoms with Gasteiger partial charge in [0.05, 0.1) is 0 Å². The molecule has 4 N–H and O–H groups in total. The van der Waals surface area contributed by atoms with E-state index < -0.39 is 0 Å². The molecule has 0 spiro atoms. The van der Waals surface area contributed by atoms with E-state index in [2.05, 4.69) is 9.97 Å². The summed E-state index contributed by atoms with van der Waals surface area (Å²) in [5, 5.41) is 2.12. The standard InChI is InChI=1S/2C9H7NO.H2O/c2*11-9-6-5-7-3-1-2-4-8(7)10-9;/h2*1-6H,(H,10,11);1H2. The van der Waals surface area contributed by atoms with Gasteiger partial charge in [-0.2, -0.15) is 0 Å². The molecule has 0 amide bonds. The van der Waals surface area contributed by atoms with Gasteiger partial charge in [-0.1, -0.05) is 36.4 Å². The highest BCUT2D eigenvalue weighted by atomic mass is 16.1. The summed E-state index contributed by atoms with van der Waals surface area (Å²) < 4.78 is 0. The Kier molecular flexibility index (Phi) is 5.07. The largest absolute Gasteiger partial charge is 0.412 e. The Morgan fingerprint density at radius 1 is 0.522 bits per heavy atom. The molecule has 0 aliphatic carbocycles. The molecule has 0 fully saturated rings. The molecule has 0 saturated carbocycles. The number of hydrogen-bond donors (Lipinski definition) is 2. The van der Waals surface area contributed by atoms with E-state index in [0.717, 1.165) is 21.8 Å². The van der Waals surface area contributed by atoms with Crippen molar-refractivity contribution < 1.29 is 5.48 Å². The summed E-state index contributed by atoms with van der Waals surface area (Å²) in [6.07, 6.45) is 0. The fourth-order valence-corrected chi connectivity index (χ4v) is 2.19. The summed E-state index contributed by atoms with van der Waals surface area (Å²) in [6, 6.07) is 22.1. The van der Waals surface area contributed by atoms with Crippen LogP contribution < -0.4 is 11.1 Å². The highest BCUT2D eigenvalue weighted by molar-refractivity contribution is 5.78. The number of H-pyrrole nitrogens is 2. The topological polar surface area (TPSA) is 97.2 Å². The van der Waals surface area contributed by atoms with E-state index in [0.29, 0.717) is 0 Å². The highest BCUT2D eigenvalue weighted by Crippen LogP contribution is 2.07. The van der Waals surface area contributed by atoms with Gasteiger partial charge in [-0.3, -0.25) is 9.59 Å². The van der Waals surface area contributed by atoms with E-state index in [1.54, 1.807) is 0 Å². The number of aromatic amines is 2. The Morgan fingerprint density at radius 3 is 1.35 bits per heavy atom. The van der Waals surface area contributed by atoms with Gasteiger partial charge < -0.3 is 15.4 Å². The van der Waals surface area contributed by atoms with Crippen molar-refractivity contribution in [2.45, 2.75) is 0 Å². The summed E-state index contributed by atoms with van der Waals surface area (Å²) >= 11 is 0. The van der Waals surface area contributed by atoms with Gasteiger partial charge >= 0.3 is 0 Å². The van der Waals surface area contributed by atoms with Crippen LogP contribution in [0.2, 0.25) is 0 Å². The molecule has 0 bridgehead atoms. The first-order valence-corrected chi connectivity index (χ1v) is 6.88. The van der Waals surface area contributed by atoms with Crippen LogP contribution in [0.5, 0.6) is 0 Å². The number of para-hydroxylation sites is 2. The molecule has 0 saturated heterocycles. The van der Waals surface area contributed by atoms with Crippen LogP contribution in [0, 0.1) is 0 Å². The van der Waals surface area contributed by atoms with E-state index in [9.17, 15) is 9.59 Å². The van der Waals surface area contributed by atoms with E-state index >= 15 is 0 Å². The molecular formula is C18H16N2O3. The van der Waals surface area contributed by atoms with E-state index in [-0.39, 0.29) is 16.6 Å². The van der Waals surface area contributed by atoms with Gasteiger partial charge in [0.15, 0.2) is 0 Å². The molecule has 116 valence electrons. The lowest BCUT2D eigenvalue weighted by Crippen LogP contribution is -2.01. The van der Waals surface area contributed by atoms with Crippen molar-refractivity contribution in [2.24, 2.45) is 0 Å². The van der Waals surface area contributed by atoms with Gasteiger partial charge in [0, 0.05) is 23.2 Å². The molecular weight excluding hydrogens is 292 g/mol. The van der Waals surface area contributed by atoms with Crippen molar-refractivity contribution >= 4 is 21.8 Å². The molecule has 5 nitrogen and oxygen atoms in total. The minimum Gasteiger partial charge on any atom is -0.412 e. The molecule has 23 heavy (non-hydrogen) atoms. The third-order valence-corrected chi connectivity index (χ3v) is 3.27. The molecule has 5 heteroatoms. The summed E-state index contributed by atoms with van der Waals surface area (Å²) in [6.45, 7) is 0. The van der Waals surface area contributed by atoms with Crippen molar-refractivity contribution in [3.63, 3.8) is 0 Å². The van der Waals surface area contributed by atoms with Gasteiger partial charge in [0.25, 0.3) is 0 Å². The van der Waals surface area contributed by atoms with Gasteiger partial charge in [-0.25, -0.2) is 0 Å². The third kappa shape index (κ3) is 3.93. The van der Waals surface area contributed by atoms with E-state index in [1.165, 1.54) is 12.1 Å². The van der Waals surface area contributed by atoms with Gasteiger partial charge in [0.1, 0.15) is 0 Å². The van der Waals surface area contributed by atoms with Crippen LogP contribution in [0.3, 0.4) is 0 Å². The maximum absolute atomic E-state index is 10.8. The SMILES string of the molecule is O.O=c1ccc2ccccc2[nH]1.O=c1ccc2ccccc2[nH]1. The second-order valence-electron chi connectivity index (χ2n) is 4.82. The highest BCUT2D eigenvalue weighted by Gasteiger charge is 1.90. The molecule has 2 heterocycles. The normalized spacial score (nSPS) is 9.74.